The third kappa shape index (κ3) is 2.91. The fourth-order valence-corrected chi connectivity index (χ4v) is 2.06. The first-order valence-electron chi connectivity index (χ1n) is 6.01. The van der Waals surface area contributed by atoms with Gasteiger partial charge in [0.05, 0.1) is 0 Å². The van der Waals surface area contributed by atoms with Crippen LogP contribution in [0.15, 0.2) is 36.4 Å². The number of carbonyl (C=O) groups is 1. The summed E-state index contributed by atoms with van der Waals surface area (Å²) < 4.78 is 19.0. The van der Waals surface area contributed by atoms with Gasteiger partial charge in [-0.15, -0.1) is 0 Å². The van der Waals surface area contributed by atoms with Gasteiger partial charge in [0.15, 0.2) is 0 Å². The van der Waals surface area contributed by atoms with Crippen LogP contribution in [0.3, 0.4) is 0 Å². The van der Waals surface area contributed by atoms with Crippen LogP contribution in [0.4, 0.5) is 4.39 Å². The summed E-state index contributed by atoms with van der Waals surface area (Å²) in [5, 5.41) is 9.64. The SMILES string of the molecule is CCc1cc(Oc2cccc(F)c2C(=O)O)ccc1Cl. The summed E-state index contributed by atoms with van der Waals surface area (Å²) in [6, 6.07) is 8.86. The molecule has 0 unspecified atom stereocenters. The van der Waals surface area contributed by atoms with Gasteiger partial charge in [-0.25, -0.2) is 9.18 Å². The zero-order chi connectivity index (χ0) is 14.7. The lowest BCUT2D eigenvalue weighted by molar-refractivity contribution is 0.0689. The zero-order valence-corrected chi connectivity index (χ0v) is 11.4. The van der Waals surface area contributed by atoms with Gasteiger partial charge in [-0.1, -0.05) is 24.6 Å². The summed E-state index contributed by atoms with van der Waals surface area (Å²) in [5.41, 5.74) is 0.387. The maximum absolute atomic E-state index is 13.5. The summed E-state index contributed by atoms with van der Waals surface area (Å²) in [6.07, 6.45) is 0.713. The quantitative estimate of drug-likeness (QED) is 0.901. The fraction of sp³-hybridized carbons (Fsp3) is 0.133. The molecule has 2 aromatic carbocycles. The van der Waals surface area contributed by atoms with Gasteiger partial charge in [-0.2, -0.15) is 0 Å². The Morgan fingerprint density at radius 2 is 2.10 bits per heavy atom. The normalized spacial score (nSPS) is 10.3. The van der Waals surface area contributed by atoms with Gasteiger partial charge in [0.1, 0.15) is 22.9 Å². The van der Waals surface area contributed by atoms with Crippen LogP contribution in [0.2, 0.25) is 5.02 Å². The molecule has 1 N–H and O–H groups in total. The number of aryl methyl sites for hydroxylation is 1. The minimum absolute atomic E-state index is 0.0399. The third-order valence-electron chi connectivity index (χ3n) is 2.82. The maximum atomic E-state index is 13.5. The van der Waals surface area contributed by atoms with Crippen LogP contribution >= 0.6 is 11.6 Å². The highest BCUT2D eigenvalue weighted by molar-refractivity contribution is 6.31. The van der Waals surface area contributed by atoms with Gasteiger partial charge in [0.2, 0.25) is 0 Å². The molecule has 0 aliphatic rings. The molecule has 20 heavy (non-hydrogen) atoms. The highest BCUT2D eigenvalue weighted by Crippen LogP contribution is 2.30. The Kier molecular flexibility index (Phi) is 4.25. The summed E-state index contributed by atoms with van der Waals surface area (Å²) in [4.78, 5) is 11.1. The molecule has 0 fully saturated rings. The molecular formula is C15H12ClFO3. The van der Waals surface area contributed by atoms with Gasteiger partial charge >= 0.3 is 5.97 Å². The minimum atomic E-state index is -1.37. The predicted octanol–water partition coefficient (Wildman–Crippen LogP) is 4.53. The van der Waals surface area contributed by atoms with Gasteiger partial charge < -0.3 is 9.84 Å². The van der Waals surface area contributed by atoms with Crippen molar-refractivity contribution in [3.63, 3.8) is 0 Å². The molecule has 0 aliphatic heterocycles. The van der Waals surface area contributed by atoms with E-state index in [1.54, 1.807) is 18.2 Å². The Labute approximate surface area is 120 Å². The topological polar surface area (TPSA) is 46.5 Å². The van der Waals surface area contributed by atoms with E-state index in [2.05, 4.69) is 0 Å². The van der Waals surface area contributed by atoms with Crippen LogP contribution in [0, 0.1) is 5.82 Å². The molecule has 0 aliphatic carbocycles. The lowest BCUT2D eigenvalue weighted by atomic mass is 10.1. The first kappa shape index (κ1) is 14.3. The van der Waals surface area contributed by atoms with Crippen molar-refractivity contribution in [1.29, 1.82) is 0 Å². The van der Waals surface area contributed by atoms with Crippen molar-refractivity contribution in [2.24, 2.45) is 0 Å². The number of hydrogen-bond donors (Lipinski definition) is 1. The Morgan fingerprint density at radius 1 is 1.35 bits per heavy atom. The molecule has 0 heterocycles. The Hall–Kier alpha value is -2.07. The molecule has 0 saturated carbocycles. The molecule has 0 aromatic heterocycles. The molecule has 0 saturated heterocycles. The number of carboxylic acids is 1. The number of halogens is 2. The van der Waals surface area contributed by atoms with Crippen LogP contribution in [0.1, 0.15) is 22.8 Å². The smallest absolute Gasteiger partial charge is 0.342 e. The monoisotopic (exact) mass is 294 g/mol. The van der Waals surface area contributed by atoms with E-state index in [9.17, 15) is 9.18 Å². The van der Waals surface area contributed by atoms with Gasteiger partial charge in [-0.05, 0) is 42.3 Å². The lowest BCUT2D eigenvalue weighted by Gasteiger charge is -2.11. The van der Waals surface area contributed by atoms with E-state index < -0.39 is 17.3 Å². The van der Waals surface area contributed by atoms with Crippen LogP contribution < -0.4 is 4.74 Å². The molecule has 2 aromatic rings. The first-order valence-corrected chi connectivity index (χ1v) is 6.38. The van der Waals surface area contributed by atoms with Gasteiger partial charge in [0, 0.05) is 5.02 Å². The highest BCUT2D eigenvalue weighted by atomic mass is 35.5. The van der Waals surface area contributed by atoms with Gasteiger partial charge in [0.25, 0.3) is 0 Å². The molecule has 2 rings (SSSR count). The van der Waals surface area contributed by atoms with Gasteiger partial charge in [-0.3, -0.25) is 0 Å². The van der Waals surface area contributed by atoms with Crippen molar-refractivity contribution in [2.45, 2.75) is 13.3 Å². The second-order valence-corrected chi connectivity index (χ2v) is 4.53. The average molecular weight is 295 g/mol. The second-order valence-electron chi connectivity index (χ2n) is 4.13. The van der Waals surface area contributed by atoms with Crippen molar-refractivity contribution in [3.05, 3.63) is 58.4 Å². The molecule has 0 bridgehead atoms. The molecule has 0 atom stereocenters. The van der Waals surface area contributed by atoms with Crippen LogP contribution in [-0.2, 0) is 6.42 Å². The van der Waals surface area contributed by atoms with Crippen LogP contribution in [0.5, 0.6) is 11.5 Å². The van der Waals surface area contributed by atoms with Crippen LogP contribution in [0.25, 0.3) is 0 Å². The minimum Gasteiger partial charge on any atom is -0.477 e. The number of ether oxygens (including phenoxy) is 1. The van der Waals surface area contributed by atoms with Crippen molar-refractivity contribution >= 4 is 17.6 Å². The number of aromatic carboxylic acids is 1. The Bertz CT molecular complexity index is 656. The van der Waals surface area contributed by atoms with E-state index in [-0.39, 0.29) is 5.75 Å². The average Bonchev–Trinajstić information content (AvgIpc) is 2.40. The summed E-state index contributed by atoms with van der Waals surface area (Å²) >= 11 is 6.00. The molecule has 0 spiro atoms. The Balaban J connectivity index is 2.40. The van der Waals surface area contributed by atoms with Crippen LogP contribution in [-0.4, -0.2) is 11.1 Å². The highest BCUT2D eigenvalue weighted by Gasteiger charge is 2.17. The number of hydrogen-bond acceptors (Lipinski definition) is 2. The standard InChI is InChI=1S/C15H12ClFO3/c1-2-9-8-10(6-7-11(9)16)20-13-5-3-4-12(17)14(13)15(18)19/h3-8H,2H2,1H3,(H,18,19). The van der Waals surface area contributed by atoms with Crippen molar-refractivity contribution in [1.82, 2.24) is 0 Å². The molecule has 3 nitrogen and oxygen atoms in total. The molecule has 0 radical (unpaired) electrons. The van der Waals surface area contributed by atoms with E-state index in [0.717, 1.165) is 11.6 Å². The summed E-state index contributed by atoms with van der Waals surface area (Å²) in [7, 11) is 0. The third-order valence-corrected chi connectivity index (χ3v) is 3.18. The summed E-state index contributed by atoms with van der Waals surface area (Å²) in [6.45, 7) is 1.94. The van der Waals surface area contributed by atoms with E-state index >= 15 is 0 Å². The molecular weight excluding hydrogens is 283 g/mol. The first-order chi connectivity index (χ1) is 9.52. The number of rotatable bonds is 4. The van der Waals surface area contributed by atoms with E-state index in [4.69, 9.17) is 21.4 Å². The fourth-order valence-electron chi connectivity index (χ4n) is 1.81. The largest absolute Gasteiger partial charge is 0.477 e. The number of carboxylic acid groups (broad SMARTS) is 1. The van der Waals surface area contributed by atoms with Crippen molar-refractivity contribution in [2.75, 3.05) is 0 Å². The van der Waals surface area contributed by atoms with Crippen molar-refractivity contribution in [3.8, 4) is 11.5 Å². The maximum Gasteiger partial charge on any atom is 0.342 e. The van der Waals surface area contributed by atoms with E-state index in [1.807, 2.05) is 6.92 Å². The predicted molar refractivity (Wildman–Crippen MR) is 74.3 cm³/mol. The molecule has 104 valence electrons. The summed E-state index contributed by atoms with van der Waals surface area (Å²) in [5.74, 6) is -1.83. The number of benzene rings is 2. The second kappa shape index (κ2) is 5.92. The Morgan fingerprint density at radius 3 is 2.75 bits per heavy atom. The van der Waals surface area contributed by atoms with E-state index in [1.165, 1.54) is 12.1 Å². The lowest BCUT2D eigenvalue weighted by Crippen LogP contribution is -2.03. The van der Waals surface area contributed by atoms with E-state index in [0.29, 0.717) is 17.2 Å². The van der Waals surface area contributed by atoms with Crippen molar-refractivity contribution < 1.29 is 19.0 Å². The molecule has 0 amide bonds. The zero-order valence-electron chi connectivity index (χ0n) is 10.7. The molecule has 5 heteroatoms.